The van der Waals surface area contributed by atoms with Crippen molar-refractivity contribution in [2.45, 2.75) is 31.8 Å². The highest BCUT2D eigenvalue weighted by Crippen LogP contribution is 2.33. The van der Waals surface area contributed by atoms with E-state index in [2.05, 4.69) is 16.0 Å². The number of fused-ring (bicyclic) bond motifs is 3. The second-order valence-corrected chi connectivity index (χ2v) is 6.87. The van der Waals surface area contributed by atoms with E-state index >= 15 is 0 Å². The number of amides is 1. The zero-order valence-corrected chi connectivity index (χ0v) is 14.6. The van der Waals surface area contributed by atoms with Crippen LogP contribution in [0.3, 0.4) is 0 Å². The van der Waals surface area contributed by atoms with Crippen molar-refractivity contribution >= 4 is 17.0 Å². The molecule has 1 amide bonds. The molecule has 1 aliphatic carbocycles. The lowest BCUT2D eigenvalue weighted by molar-refractivity contribution is 0.188. The third-order valence-corrected chi connectivity index (χ3v) is 5.15. The summed E-state index contributed by atoms with van der Waals surface area (Å²) in [7, 11) is 0. The number of carboxylic acid groups (broad SMARTS) is 1. The summed E-state index contributed by atoms with van der Waals surface area (Å²) in [5.41, 5.74) is 4.63. The van der Waals surface area contributed by atoms with Crippen LogP contribution in [0, 0.1) is 17.1 Å². The molecule has 5 nitrogen and oxygen atoms in total. The minimum absolute atomic E-state index is 0.144. The molecule has 4 rings (SSSR count). The van der Waals surface area contributed by atoms with Gasteiger partial charge in [-0.15, -0.1) is 0 Å². The van der Waals surface area contributed by atoms with Crippen molar-refractivity contribution in [1.82, 2.24) is 9.88 Å². The van der Waals surface area contributed by atoms with Crippen LogP contribution in [0.5, 0.6) is 0 Å². The highest BCUT2D eigenvalue weighted by molar-refractivity contribution is 5.87. The summed E-state index contributed by atoms with van der Waals surface area (Å²) >= 11 is 0. The van der Waals surface area contributed by atoms with Crippen molar-refractivity contribution in [3.8, 4) is 6.07 Å². The van der Waals surface area contributed by atoms with E-state index in [-0.39, 0.29) is 11.9 Å². The molecule has 136 valence electrons. The van der Waals surface area contributed by atoms with Crippen molar-refractivity contribution in [2.75, 3.05) is 0 Å². The first-order chi connectivity index (χ1) is 13.0. The van der Waals surface area contributed by atoms with Gasteiger partial charge in [0.05, 0.1) is 11.6 Å². The Hall–Kier alpha value is -3.33. The van der Waals surface area contributed by atoms with Gasteiger partial charge < -0.3 is 15.0 Å². The van der Waals surface area contributed by atoms with Gasteiger partial charge >= 0.3 is 6.09 Å². The number of rotatable bonds is 3. The lowest BCUT2D eigenvalue weighted by Gasteiger charge is -2.24. The molecule has 0 spiro atoms. The predicted octanol–water partition coefficient (Wildman–Crippen LogP) is 3.83. The molecule has 1 unspecified atom stereocenters. The number of halogens is 1. The molecule has 3 aromatic rings. The summed E-state index contributed by atoms with van der Waals surface area (Å²) < 4.78 is 15.8. The van der Waals surface area contributed by atoms with Crippen molar-refractivity contribution in [1.29, 1.82) is 5.26 Å². The van der Waals surface area contributed by atoms with E-state index in [0.717, 1.165) is 34.1 Å². The molecular weight excluding hydrogens is 345 g/mol. The Morgan fingerprint density at radius 1 is 1.33 bits per heavy atom. The quantitative estimate of drug-likeness (QED) is 0.742. The Kier molecular flexibility index (Phi) is 4.28. The van der Waals surface area contributed by atoms with Gasteiger partial charge in [0.15, 0.2) is 0 Å². The predicted molar refractivity (Wildman–Crippen MR) is 99.1 cm³/mol. The number of nitriles is 1. The van der Waals surface area contributed by atoms with Gasteiger partial charge in [-0.1, -0.05) is 12.1 Å². The third kappa shape index (κ3) is 3.24. The molecule has 0 radical (unpaired) electrons. The fourth-order valence-corrected chi connectivity index (χ4v) is 4.02. The van der Waals surface area contributed by atoms with Crippen LogP contribution in [0.4, 0.5) is 9.18 Å². The van der Waals surface area contributed by atoms with Crippen molar-refractivity contribution in [3.63, 3.8) is 0 Å². The minimum Gasteiger partial charge on any atom is -0.465 e. The molecule has 0 fully saturated rings. The van der Waals surface area contributed by atoms with Crippen LogP contribution in [0.25, 0.3) is 10.9 Å². The molecule has 2 N–H and O–H groups in total. The molecule has 1 atom stereocenters. The molecule has 0 aliphatic heterocycles. The van der Waals surface area contributed by atoms with Crippen molar-refractivity contribution in [3.05, 3.63) is 70.7 Å². The van der Waals surface area contributed by atoms with Gasteiger partial charge in [-0.2, -0.15) is 5.26 Å². The van der Waals surface area contributed by atoms with Gasteiger partial charge in [0.25, 0.3) is 0 Å². The first-order valence-corrected chi connectivity index (χ1v) is 8.83. The summed E-state index contributed by atoms with van der Waals surface area (Å²) in [6.45, 7) is 0.534. The number of nitrogens with one attached hydrogen (secondary N) is 1. The van der Waals surface area contributed by atoms with Crippen LogP contribution in [-0.2, 0) is 19.4 Å². The van der Waals surface area contributed by atoms with Gasteiger partial charge in [0, 0.05) is 29.2 Å². The maximum Gasteiger partial charge on any atom is 0.404 e. The van der Waals surface area contributed by atoms with Crippen molar-refractivity contribution in [2.24, 2.45) is 0 Å². The maximum absolute atomic E-state index is 13.6. The molecule has 1 heterocycles. The standard InChI is InChI=1S/C21H18FN3O2/c22-15-3-1-2-14(8-15)12-25-19-6-4-13(11-23)9-17(19)18-10-16(24-21(26)27)5-7-20(18)25/h1-4,6,8-9,16,24H,5,7,10,12H2,(H,26,27). The van der Waals surface area contributed by atoms with E-state index in [9.17, 15) is 14.4 Å². The molecular formula is C21H18FN3O2. The first kappa shape index (κ1) is 17.1. The lowest BCUT2D eigenvalue weighted by atomic mass is 9.91. The SMILES string of the molecule is N#Cc1ccc2c(c1)c1c(n2Cc2cccc(F)c2)CCC(NC(=O)O)C1. The normalized spacial score (nSPS) is 15.9. The van der Waals surface area contributed by atoms with E-state index in [1.165, 1.54) is 12.1 Å². The summed E-state index contributed by atoms with van der Waals surface area (Å²) in [6, 6.07) is 14.1. The van der Waals surface area contributed by atoms with Gasteiger partial charge in [-0.25, -0.2) is 9.18 Å². The van der Waals surface area contributed by atoms with E-state index < -0.39 is 6.09 Å². The van der Waals surface area contributed by atoms with Crippen LogP contribution in [0.1, 0.15) is 28.8 Å². The van der Waals surface area contributed by atoms with Crippen LogP contribution in [0.15, 0.2) is 42.5 Å². The number of hydrogen-bond donors (Lipinski definition) is 2. The van der Waals surface area contributed by atoms with E-state index in [1.807, 2.05) is 18.2 Å². The smallest absolute Gasteiger partial charge is 0.404 e. The minimum atomic E-state index is -1.02. The second-order valence-electron chi connectivity index (χ2n) is 6.87. The summed E-state index contributed by atoms with van der Waals surface area (Å²) in [5, 5.41) is 21.8. The Labute approximate surface area is 155 Å². The number of benzene rings is 2. The maximum atomic E-state index is 13.6. The fraction of sp³-hybridized carbons (Fsp3) is 0.238. The van der Waals surface area contributed by atoms with E-state index in [0.29, 0.717) is 24.9 Å². The molecule has 0 bridgehead atoms. The Bertz CT molecular complexity index is 1080. The highest BCUT2D eigenvalue weighted by atomic mass is 19.1. The Balaban J connectivity index is 1.82. The van der Waals surface area contributed by atoms with E-state index in [4.69, 9.17) is 5.11 Å². The van der Waals surface area contributed by atoms with Gasteiger partial charge in [-0.3, -0.25) is 0 Å². The van der Waals surface area contributed by atoms with Gasteiger partial charge in [0.1, 0.15) is 5.82 Å². The number of carbonyl (C=O) groups is 1. The molecule has 0 saturated heterocycles. The Morgan fingerprint density at radius 3 is 2.93 bits per heavy atom. The molecule has 1 aromatic heterocycles. The number of hydrogen-bond acceptors (Lipinski definition) is 2. The summed E-state index contributed by atoms with van der Waals surface area (Å²) in [4.78, 5) is 11.0. The number of aromatic nitrogens is 1. The third-order valence-electron chi connectivity index (χ3n) is 5.15. The monoisotopic (exact) mass is 363 g/mol. The molecule has 2 aromatic carbocycles. The molecule has 0 saturated carbocycles. The van der Waals surface area contributed by atoms with Crippen LogP contribution < -0.4 is 5.32 Å². The van der Waals surface area contributed by atoms with Crippen LogP contribution in [-0.4, -0.2) is 21.8 Å². The van der Waals surface area contributed by atoms with E-state index in [1.54, 1.807) is 12.1 Å². The van der Waals surface area contributed by atoms with Gasteiger partial charge in [0.2, 0.25) is 0 Å². The zero-order chi connectivity index (χ0) is 19.0. The summed E-state index contributed by atoms with van der Waals surface area (Å²) in [5.74, 6) is -0.268. The molecule has 1 aliphatic rings. The largest absolute Gasteiger partial charge is 0.465 e. The Morgan fingerprint density at radius 2 is 2.19 bits per heavy atom. The summed E-state index contributed by atoms with van der Waals surface area (Å²) in [6.07, 6.45) is 1.00. The van der Waals surface area contributed by atoms with Crippen LogP contribution in [0.2, 0.25) is 0 Å². The zero-order valence-electron chi connectivity index (χ0n) is 14.6. The van der Waals surface area contributed by atoms with Crippen LogP contribution >= 0.6 is 0 Å². The second kappa shape index (κ2) is 6.76. The molecule has 27 heavy (non-hydrogen) atoms. The lowest BCUT2D eigenvalue weighted by Crippen LogP contribution is -2.38. The molecule has 6 heteroatoms. The van der Waals surface area contributed by atoms with Crippen molar-refractivity contribution < 1.29 is 14.3 Å². The fourth-order valence-electron chi connectivity index (χ4n) is 4.02. The topological polar surface area (TPSA) is 78.0 Å². The number of nitrogens with zero attached hydrogens (tertiary/aromatic N) is 2. The first-order valence-electron chi connectivity index (χ1n) is 8.83. The average molecular weight is 363 g/mol. The average Bonchev–Trinajstić information content (AvgIpc) is 2.94. The van der Waals surface area contributed by atoms with Gasteiger partial charge in [-0.05, 0) is 60.7 Å². The highest BCUT2D eigenvalue weighted by Gasteiger charge is 2.26.